The predicted octanol–water partition coefficient (Wildman–Crippen LogP) is 0.901. The van der Waals surface area contributed by atoms with Crippen molar-refractivity contribution in [2.24, 2.45) is 11.7 Å². The molecule has 0 atom stereocenters. The largest absolute Gasteiger partial charge is 0.474 e. The summed E-state index contributed by atoms with van der Waals surface area (Å²) in [5, 5.41) is 0. The molecule has 14 heavy (non-hydrogen) atoms. The monoisotopic (exact) mass is 193 g/mol. The van der Waals surface area contributed by atoms with Crippen LogP contribution < -0.4 is 10.5 Å². The van der Waals surface area contributed by atoms with Crippen LogP contribution in [0.15, 0.2) is 12.3 Å². The van der Waals surface area contributed by atoms with Gasteiger partial charge in [-0.05, 0) is 32.2 Å². The first-order valence-electron chi connectivity index (χ1n) is 4.94. The fourth-order valence-electron chi connectivity index (χ4n) is 1.63. The van der Waals surface area contributed by atoms with Crippen LogP contribution in [0.4, 0.5) is 0 Å². The van der Waals surface area contributed by atoms with Crippen LogP contribution in [0.25, 0.3) is 0 Å². The van der Waals surface area contributed by atoms with Crippen LogP contribution >= 0.6 is 0 Å². The lowest BCUT2D eigenvalue weighted by atomic mass is 9.82. The minimum absolute atomic E-state index is 0.304. The van der Waals surface area contributed by atoms with Crippen LogP contribution in [0.5, 0.6) is 5.88 Å². The molecule has 2 N–H and O–H groups in total. The van der Waals surface area contributed by atoms with E-state index in [1.165, 1.54) is 0 Å². The van der Waals surface area contributed by atoms with Crippen molar-refractivity contribution in [1.29, 1.82) is 0 Å². The maximum atomic E-state index is 5.66. The topological polar surface area (TPSA) is 61.0 Å². The molecule has 1 fully saturated rings. The summed E-state index contributed by atoms with van der Waals surface area (Å²) in [6, 6.07) is 1.79. The van der Waals surface area contributed by atoms with Crippen LogP contribution in [-0.4, -0.2) is 22.6 Å². The Bertz CT molecular complexity index is 310. The number of hydrogen-bond donors (Lipinski definition) is 1. The molecule has 4 heteroatoms. The van der Waals surface area contributed by atoms with E-state index in [1.807, 2.05) is 6.92 Å². The van der Waals surface area contributed by atoms with Gasteiger partial charge in [-0.15, -0.1) is 0 Å². The van der Waals surface area contributed by atoms with Gasteiger partial charge in [0.25, 0.3) is 0 Å². The number of rotatable bonds is 3. The summed E-state index contributed by atoms with van der Waals surface area (Å²) < 4.78 is 5.66. The van der Waals surface area contributed by atoms with E-state index in [0.717, 1.165) is 25.2 Å². The Kier molecular flexibility index (Phi) is 2.63. The van der Waals surface area contributed by atoms with Gasteiger partial charge in [-0.3, -0.25) is 0 Å². The molecule has 0 radical (unpaired) electrons. The molecule has 0 unspecified atom stereocenters. The lowest BCUT2D eigenvalue weighted by Gasteiger charge is -2.34. The molecule has 0 aromatic carbocycles. The third kappa shape index (κ3) is 2.01. The summed E-state index contributed by atoms with van der Waals surface area (Å²) in [5.74, 6) is 2.07. The molecule has 76 valence electrons. The first-order valence-corrected chi connectivity index (χ1v) is 4.94. The molecule has 1 aliphatic carbocycles. The van der Waals surface area contributed by atoms with Crippen LogP contribution in [0.2, 0.25) is 0 Å². The zero-order valence-electron chi connectivity index (χ0n) is 8.31. The fraction of sp³-hybridized carbons (Fsp3) is 0.600. The molecule has 0 spiro atoms. The van der Waals surface area contributed by atoms with Crippen molar-refractivity contribution in [2.75, 3.05) is 6.54 Å². The Morgan fingerprint density at radius 1 is 1.57 bits per heavy atom. The van der Waals surface area contributed by atoms with Gasteiger partial charge in [-0.2, -0.15) is 4.98 Å². The molecule has 2 rings (SSSR count). The minimum atomic E-state index is 0.304. The summed E-state index contributed by atoms with van der Waals surface area (Å²) in [6.07, 6.45) is 4.13. The highest BCUT2D eigenvalue weighted by Crippen LogP contribution is 2.29. The van der Waals surface area contributed by atoms with Gasteiger partial charge in [-0.25, -0.2) is 4.98 Å². The standard InChI is InChI=1S/C10H15N3O/c1-7-12-3-2-10(13-7)14-9-4-8(5-9)6-11/h2-3,8-9H,4-6,11H2,1H3. The number of nitrogens with zero attached hydrogens (tertiary/aromatic N) is 2. The van der Waals surface area contributed by atoms with Crippen LogP contribution in [-0.2, 0) is 0 Å². The Labute approximate surface area is 83.5 Å². The van der Waals surface area contributed by atoms with Crippen LogP contribution in [0.3, 0.4) is 0 Å². The normalized spacial score (nSPS) is 25.6. The molecule has 1 saturated carbocycles. The van der Waals surface area contributed by atoms with E-state index in [9.17, 15) is 0 Å². The summed E-state index contributed by atoms with van der Waals surface area (Å²) in [5.41, 5.74) is 5.53. The molecule has 1 aromatic rings. The fourth-order valence-corrected chi connectivity index (χ4v) is 1.63. The quantitative estimate of drug-likeness (QED) is 0.774. The van der Waals surface area contributed by atoms with Crippen molar-refractivity contribution in [3.63, 3.8) is 0 Å². The highest BCUT2D eigenvalue weighted by molar-refractivity contribution is 5.09. The summed E-state index contributed by atoms with van der Waals surface area (Å²) in [6.45, 7) is 2.62. The van der Waals surface area contributed by atoms with E-state index in [0.29, 0.717) is 17.9 Å². The van der Waals surface area contributed by atoms with E-state index in [-0.39, 0.29) is 0 Å². The van der Waals surface area contributed by atoms with Gasteiger partial charge in [0.15, 0.2) is 0 Å². The van der Waals surface area contributed by atoms with E-state index in [1.54, 1.807) is 12.3 Å². The van der Waals surface area contributed by atoms with Crippen molar-refractivity contribution in [3.05, 3.63) is 18.1 Å². The second-order valence-electron chi connectivity index (χ2n) is 3.76. The van der Waals surface area contributed by atoms with Crippen molar-refractivity contribution in [3.8, 4) is 5.88 Å². The van der Waals surface area contributed by atoms with Gasteiger partial charge in [0.1, 0.15) is 11.9 Å². The number of nitrogens with two attached hydrogens (primary N) is 1. The van der Waals surface area contributed by atoms with Crippen LogP contribution in [0, 0.1) is 12.8 Å². The van der Waals surface area contributed by atoms with E-state index < -0.39 is 0 Å². The third-order valence-corrected chi connectivity index (χ3v) is 2.56. The smallest absolute Gasteiger partial charge is 0.216 e. The molecule has 0 aliphatic heterocycles. The van der Waals surface area contributed by atoms with E-state index in [2.05, 4.69) is 9.97 Å². The minimum Gasteiger partial charge on any atom is -0.474 e. The number of hydrogen-bond acceptors (Lipinski definition) is 4. The lowest BCUT2D eigenvalue weighted by molar-refractivity contribution is 0.0646. The molecular weight excluding hydrogens is 178 g/mol. The van der Waals surface area contributed by atoms with E-state index >= 15 is 0 Å². The molecule has 4 nitrogen and oxygen atoms in total. The number of aromatic nitrogens is 2. The highest BCUT2D eigenvalue weighted by atomic mass is 16.5. The molecular formula is C10H15N3O. The average molecular weight is 193 g/mol. The zero-order valence-corrected chi connectivity index (χ0v) is 8.31. The Hall–Kier alpha value is -1.16. The zero-order chi connectivity index (χ0) is 9.97. The number of ether oxygens (including phenoxy) is 1. The van der Waals surface area contributed by atoms with Gasteiger partial charge in [-0.1, -0.05) is 0 Å². The van der Waals surface area contributed by atoms with Crippen LogP contribution in [0.1, 0.15) is 18.7 Å². The number of aryl methyl sites for hydroxylation is 1. The molecule has 0 amide bonds. The molecule has 1 aromatic heterocycles. The molecule has 1 aliphatic rings. The van der Waals surface area contributed by atoms with Gasteiger partial charge in [0, 0.05) is 12.3 Å². The predicted molar refractivity (Wildman–Crippen MR) is 53.0 cm³/mol. The summed E-state index contributed by atoms with van der Waals surface area (Å²) >= 11 is 0. The Morgan fingerprint density at radius 3 is 3.00 bits per heavy atom. The SMILES string of the molecule is Cc1nccc(OC2CC(CN)C2)n1. The van der Waals surface area contributed by atoms with E-state index in [4.69, 9.17) is 10.5 Å². The molecule has 0 saturated heterocycles. The second kappa shape index (κ2) is 3.92. The maximum Gasteiger partial charge on any atom is 0.216 e. The molecule has 1 heterocycles. The van der Waals surface area contributed by atoms with Crippen molar-refractivity contribution in [1.82, 2.24) is 9.97 Å². The van der Waals surface area contributed by atoms with Gasteiger partial charge >= 0.3 is 0 Å². The first kappa shape index (κ1) is 9.40. The highest BCUT2D eigenvalue weighted by Gasteiger charge is 2.29. The Balaban J connectivity index is 1.87. The average Bonchev–Trinajstić information content (AvgIpc) is 2.10. The van der Waals surface area contributed by atoms with Crippen molar-refractivity contribution >= 4 is 0 Å². The summed E-state index contributed by atoms with van der Waals surface area (Å²) in [7, 11) is 0. The Morgan fingerprint density at radius 2 is 2.36 bits per heavy atom. The maximum absolute atomic E-state index is 5.66. The van der Waals surface area contributed by atoms with Gasteiger partial charge < -0.3 is 10.5 Å². The van der Waals surface area contributed by atoms with Crippen molar-refractivity contribution < 1.29 is 4.74 Å². The van der Waals surface area contributed by atoms with Gasteiger partial charge in [0.05, 0.1) is 0 Å². The summed E-state index contributed by atoms with van der Waals surface area (Å²) in [4.78, 5) is 8.19. The first-order chi connectivity index (χ1) is 6.78. The molecule has 0 bridgehead atoms. The third-order valence-electron chi connectivity index (χ3n) is 2.56. The van der Waals surface area contributed by atoms with Gasteiger partial charge in [0.2, 0.25) is 5.88 Å². The lowest BCUT2D eigenvalue weighted by Crippen LogP contribution is -2.37. The van der Waals surface area contributed by atoms with Crippen molar-refractivity contribution in [2.45, 2.75) is 25.9 Å². The second-order valence-corrected chi connectivity index (χ2v) is 3.76.